The molecule has 1 amide bonds. The van der Waals surface area contributed by atoms with Crippen LogP contribution in [0.15, 0.2) is 18.2 Å². The van der Waals surface area contributed by atoms with E-state index in [-0.39, 0.29) is 42.7 Å². The maximum Gasteiger partial charge on any atom is 0.226 e. The van der Waals surface area contributed by atoms with Gasteiger partial charge < -0.3 is 10.6 Å². The third-order valence-corrected chi connectivity index (χ3v) is 5.87. The zero-order chi connectivity index (χ0) is 18.0. The van der Waals surface area contributed by atoms with Gasteiger partial charge in [0.25, 0.3) is 0 Å². The third kappa shape index (κ3) is 5.31. The van der Waals surface area contributed by atoms with Crippen LogP contribution in [0.2, 0.25) is 0 Å². The molecule has 0 radical (unpaired) electrons. The van der Waals surface area contributed by atoms with Crippen LogP contribution >= 0.6 is 24.8 Å². The van der Waals surface area contributed by atoms with E-state index in [9.17, 15) is 13.6 Å². The molecule has 1 aromatic carbocycles. The SMILES string of the molecule is CC(c1ccc(F)cc1F)N1CCN(C(=O)[C@@H]2CCC[C@@H]2CN)CC1.Cl.Cl. The first-order valence-electron chi connectivity index (χ1n) is 9.19. The molecule has 27 heavy (non-hydrogen) atoms. The summed E-state index contributed by atoms with van der Waals surface area (Å²) in [5.41, 5.74) is 6.30. The van der Waals surface area contributed by atoms with E-state index in [1.165, 1.54) is 12.1 Å². The minimum atomic E-state index is -0.560. The van der Waals surface area contributed by atoms with E-state index in [4.69, 9.17) is 5.73 Å². The molecule has 1 unspecified atom stereocenters. The number of piperazine rings is 1. The molecular formula is C19H29Cl2F2N3O. The Labute approximate surface area is 172 Å². The first kappa shape index (κ1) is 24.1. The molecule has 1 aliphatic heterocycles. The summed E-state index contributed by atoms with van der Waals surface area (Å²) in [7, 11) is 0. The van der Waals surface area contributed by atoms with Gasteiger partial charge >= 0.3 is 0 Å². The lowest BCUT2D eigenvalue weighted by atomic mass is 9.94. The topological polar surface area (TPSA) is 49.6 Å². The summed E-state index contributed by atoms with van der Waals surface area (Å²) in [6, 6.07) is 3.60. The molecule has 1 saturated heterocycles. The number of nitrogens with two attached hydrogens (primary N) is 1. The molecule has 0 bridgehead atoms. The van der Waals surface area contributed by atoms with Crippen LogP contribution in [0, 0.1) is 23.5 Å². The molecule has 0 spiro atoms. The lowest BCUT2D eigenvalue weighted by Gasteiger charge is -2.39. The Kier molecular flexibility index (Phi) is 9.42. The fourth-order valence-electron chi connectivity index (χ4n) is 4.25. The van der Waals surface area contributed by atoms with Crippen LogP contribution in [0.25, 0.3) is 0 Å². The molecule has 0 aromatic heterocycles. The average molecular weight is 424 g/mol. The van der Waals surface area contributed by atoms with Crippen molar-refractivity contribution in [2.75, 3.05) is 32.7 Å². The fraction of sp³-hybridized carbons (Fsp3) is 0.632. The second-order valence-electron chi connectivity index (χ2n) is 7.24. The van der Waals surface area contributed by atoms with Gasteiger partial charge in [-0.15, -0.1) is 24.8 Å². The van der Waals surface area contributed by atoms with Gasteiger partial charge in [0.2, 0.25) is 5.91 Å². The summed E-state index contributed by atoms with van der Waals surface area (Å²) in [5, 5.41) is 0. The molecule has 2 N–H and O–H groups in total. The highest BCUT2D eigenvalue weighted by Crippen LogP contribution is 2.33. The van der Waals surface area contributed by atoms with Crippen molar-refractivity contribution < 1.29 is 13.6 Å². The van der Waals surface area contributed by atoms with E-state index in [0.29, 0.717) is 44.2 Å². The summed E-state index contributed by atoms with van der Waals surface area (Å²) in [4.78, 5) is 16.8. The van der Waals surface area contributed by atoms with Crippen LogP contribution in [0.5, 0.6) is 0 Å². The normalized spacial score (nSPS) is 24.1. The van der Waals surface area contributed by atoms with E-state index < -0.39 is 11.6 Å². The number of carbonyl (C=O) groups is 1. The number of rotatable bonds is 4. The Balaban J connectivity index is 0.00000182. The van der Waals surface area contributed by atoms with Crippen molar-refractivity contribution in [3.05, 3.63) is 35.4 Å². The van der Waals surface area contributed by atoms with Crippen molar-refractivity contribution in [1.82, 2.24) is 9.80 Å². The van der Waals surface area contributed by atoms with Crippen LogP contribution in [0.3, 0.4) is 0 Å². The predicted octanol–water partition coefficient (Wildman–Crippen LogP) is 3.39. The molecule has 1 aliphatic carbocycles. The standard InChI is InChI=1S/C19H27F2N3O.2ClH/c1-13(16-6-5-15(20)11-18(16)21)23-7-9-24(10-8-23)19(25)17-4-2-3-14(17)12-22;;/h5-6,11,13-14,17H,2-4,7-10,12,22H2,1H3;2*1H/t13?,14-,17-;;/m1../s1. The van der Waals surface area contributed by atoms with Crippen LogP contribution in [0.1, 0.15) is 37.8 Å². The van der Waals surface area contributed by atoms with Gasteiger partial charge in [-0.3, -0.25) is 9.69 Å². The molecule has 3 rings (SSSR count). The fourth-order valence-corrected chi connectivity index (χ4v) is 4.25. The van der Waals surface area contributed by atoms with E-state index in [2.05, 4.69) is 4.90 Å². The number of amides is 1. The minimum Gasteiger partial charge on any atom is -0.340 e. The monoisotopic (exact) mass is 423 g/mol. The smallest absolute Gasteiger partial charge is 0.226 e. The number of halogens is 4. The quantitative estimate of drug-likeness (QED) is 0.806. The highest BCUT2D eigenvalue weighted by Gasteiger charge is 2.36. The van der Waals surface area contributed by atoms with Crippen LogP contribution < -0.4 is 5.73 Å². The van der Waals surface area contributed by atoms with E-state index in [0.717, 1.165) is 25.3 Å². The lowest BCUT2D eigenvalue weighted by Crippen LogP contribution is -2.51. The number of benzene rings is 1. The molecule has 1 heterocycles. The van der Waals surface area contributed by atoms with E-state index >= 15 is 0 Å². The molecule has 1 saturated carbocycles. The molecule has 2 fully saturated rings. The van der Waals surface area contributed by atoms with Gasteiger partial charge in [-0.25, -0.2) is 8.78 Å². The molecule has 154 valence electrons. The van der Waals surface area contributed by atoms with Crippen LogP contribution in [-0.2, 0) is 4.79 Å². The molecule has 8 heteroatoms. The summed E-state index contributed by atoms with van der Waals surface area (Å²) in [6.45, 7) is 5.21. The summed E-state index contributed by atoms with van der Waals surface area (Å²) in [5.74, 6) is -0.452. The zero-order valence-corrected chi connectivity index (χ0v) is 17.2. The van der Waals surface area contributed by atoms with Crippen molar-refractivity contribution in [3.8, 4) is 0 Å². The minimum absolute atomic E-state index is 0. The van der Waals surface area contributed by atoms with Gasteiger partial charge in [0.1, 0.15) is 11.6 Å². The maximum absolute atomic E-state index is 14.0. The second-order valence-corrected chi connectivity index (χ2v) is 7.24. The average Bonchev–Trinajstić information content (AvgIpc) is 3.09. The number of nitrogens with zero attached hydrogens (tertiary/aromatic N) is 2. The first-order chi connectivity index (χ1) is 12.0. The maximum atomic E-state index is 14.0. The predicted molar refractivity (Wildman–Crippen MR) is 107 cm³/mol. The Morgan fingerprint density at radius 3 is 2.44 bits per heavy atom. The molecule has 4 nitrogen and oxygen atoms in total. The number of hydrogen-bond donors (Lipinski definition) is 1. The Morgan fingerprint density at radius 1 is 1.19 bits per heavy atom. The van der Waals surface area contributed by atoms with E-state index in [1.54, 1.807) is 0 Å². The summed E-state index contributed by atoms with van der Waals surface area (Å²) < 4.78 is 27.1. The van der Waals surface area contributed by atoms with Crippen LogP contribution in [0.4, 0.5) is 8.78 Å². The Morgan fingerprint density at radius 2 is 1.85 bits per heavy atom. The van der Waals surface area contributed by atoms with Gasteiger partial charge in [0, 0.05) is 49.8 Å². The van der Waals surface area contributed by atoms with Gasteiger partial charge in [0.05, 0.1) is 0 Å². The highest BCUT2D eigenvalue weighted by atomic mass is 35.5. The second kappa shape index (κ2) is 10.6. The number of carbonyl (C=O) groups excluding carboxylic acids is 1. The Bertz CT molecular complexity index is 627. The van der Waals surface area contributed by atoms with Crippen molar-refractivity contribution in [3.63, 3.8) is 0 Å². The van der Waals surface area contributed by atoms with Crippen LogP contribution in [-0.4, -0.2) is 48.4 Å². The highest BCUT2D eigenvalue weighted by molar-refractivity contribution is 5.85. The van der Waals surface area contributed by atoms with Crippen molar-refractivity contribution in [2.24, 2.45) is 17.6 Å². The molecule has 2 aliphatic rings. The largest absolute Gasteiger partial charge is 0.340 e. The number of hydrogen-bond acceptors (Lipinski definition) is 3. The zero-order valence-electron chi connectivity index (χ0n) is 15.6. The first-order valence-corrected chi connectivity index (χ1v) is 9.19. The molecular weight excluding hydrogens is 395 g/mol. The third-order valence-electron chi connectivity index (χ3n) is 5.87. The van der Waals surface area contributed by atoms with Crippen molar-refractivity contribution >= 4 is 30.7 Å². The van der Waals surface area contributed by atoms with Gasteiger partial charge in [-0.05, 0) is 38.3 Å². The Hall–Kier alpha value is -0.950. The van der Waals surface area contributed by atoms with Gasteiger partial charge in [-0.2, -0.15) is 0 Å². The van der Waals surface area contributed by atoms with Crippen molar-refractivity contribution in [2.45, 2.75) is 32.2 Å². The lowest BCUT2D eigenvalue weighted by molar-refractivity contribution is -0.138. The van der Waals surface area contributed by atoms with Crippen molar-refractivity contribution in [1.29, 1.82) is 0 Å². The van der Waals surface area contributed by atoms with Gasteiger partial charge in [-0.1, -0.05) is 12.5 Å². The molecule has 1 aromatic rings. The van der Waals surface area contributed by atoms with E-state index in [1.807, 2.05) is 11.8 Å². The molecule has 3 atom stereocenters. The van der Waals surface area contributed by atoms with Gasteiger partial charge in [0.15, 0.2) is 0 Å². The summed E-state index contributed by atoms with van der Waals surface area (Å²) >= 11 is 0. The summed E-state index contributed by atoms with van der Waals surface area (Å²) in [6.07, 6.45) is 3.07.